The van der Waals surface area contributed by atoms with Gasteiger partial charge in [-0.15, -0.1) is 0 Å². The minimum absolute atomic E-state index is 0.115. The molecular weight excluding hydrogens is 256 g/mol. The third-order valence-electron chi connectivity index (χ3n) is 1.87. The number of aliphatic hydroxyl groups is 3. The molecule has 0 unspecified atom stereocenters. The number of carbonyl (C=O) groups is 1. The average Bonchev–Trinajstić information content (AvgIpc) is 2.42. The second-order valence-electron chi connectivity index (χ2n) is 3.31. The van der Waals surface area contributed by atoms with E-state index >= 15 is 0 Å². The molecule has 0 aliphatic rings. The molecule has 1 rings (SSSR count). The maximum atomic E-state index is 9.01. The molecule has 0 fully saturated rings. The van der Waals surface area contributed by atoms with Crippen LogP contribution < -0.4 is 15.1 Å². The lowest BCUT2D eigenvalue weighted by atomic mass is 10.7. The van der Waals surface area contributed by atoms with Crippen molar-refractivity contribution in [2.45, 2.75) is 0 Å². The van der Waals surface area contributed by atoms with E-state index < -0.39 is 13.5 Å². The second kappa shape index (κ2) is 8.97. The van der Waals surface area contributed by atoms with Gasteiger partial charge in [-0.05, 0) is 0 Å². The fourth-order valence-corrected chi connectivity index (χ4v) is 1.02. The quantitative estimate of drug-likeness (QED) is 0.424. The van der Waals surface area contributed by atoms with Crippen molar-refractivity contribution >= 4 is 24.6 Å². The van der Waals surface area contributed by atoms with Crippen molar-refractivity contribution in [3.63, 3.8) is 0 Å². The van der Waals surface area contributed by atoms with E-state index in [0.29, 0.717) is 5.95 Å². The standard InChI is InChI=1S/C8H16N6O3.CH2O/c1-13(2)7-10-6(9-3-15)11-8(12-7)14(4-16)5-17;1-2/h15-17H,3-5H2,1-2H3,(H,9,10,11,12);1H2. The van der Waals surface area contributed by atoms with Crippen molar-refractivity contribution in [3.8, 4) is 0 Å². The lowest BCUT2D eigenvalue weighted by Crippen LogP contribution is -2.28. The van der Waals surface area contributed by atoms with Crippen LogP contribution in [0.2, 0.25) is 0 Å². The van der Waals surface area contributed by atoms with Gasteiger partial charge in [0, 0.05) is 14.1 Å². The Morgan fingerprint density at radius 3 is 2.00 bits per heavy atom. The first-order valence-electron chi connectivity index (χ1n) is 5.16. The van der Waals surface area contributed by atoms with Crippen LogP contribution in [0, 0.1) is 0 Å². The zero-order valence-corrected chi connectivity index (χ0v) is 10.8. The summed E-state index contributed by atoms with van der Waals surface area (Å²) >= 11 is 0. The SMILES string of the molecule is C=O.CN(C)c1nc(NCO)nc(N(CO)CO)n1. The van der Waals surface area contributed by atoms with E-state index in [2.05, 4.69) is 20.3 Å². The Balaban J connectivity index is 0.00000154. The first kappa shape index (κ1) is 17.0. The normalized spacial score (nSPS) is 9.32. The van der Waals surface area contributed by atoms with E-state index in [1.54, 1.807) is 19.0 Å². The van der Waals surface area contributed by atoms with Crippen LogP contribution in [-0.4, -0.2) is 71.3 Å². The molecule has 4 N–H and O–H groups in total. The Morgan fingerprint density at radius 2 is 1.58 bits per heavy atom. The van der Waals surface area contributed by atoms with E-state index in [1.807, 2.05) is 6.79 Å². The lowest BCUT2D eigenvalue weighted by molar-refractivity contribution is -0.0979. The Labute approximate surface area is 110 Å². The van der Waals surface area contributed by atoms with Crippen molar-refractivity contribution in [3.05, 3.63) is 0 Å². The Bertz CT molecular complexity index is 374. The van der Waals surface area contributed by atoms with E-state index in [0.717, 1.165) is 4.90 Å². The third kappa shape index (κ3) is 4.99. The number of hydrogen-bond donors (Lipinski definition) is 4. The molecule has 0 radical (unpaired) electrons. The molecule has 0 spiro atoms. The number of nitrogens with zero attached hydrogens (tertiary/aromatic N) is 5. The molecule has 0 aliphatic heterocycles. The molecule has 0 saturated heterocycles. The van der Waals surface area contributed by atoms with Crippen molar-refractivity contribution in [1.82, 2.24) is 15.0 Å². The molecule has 10 heteroatoms. The van der Waals surface area contributed by atoms with Gasteiger partial charge in [-0.1, -0.05) is 0 Å². The van der Waals surface area contributed by atoms with Gasteiger partial charge < -0.3 is 30.3 Å². The molecule has 108 valence electrons. The predicted molar refractivity (Wildman–Crippen MR) is 68.6 cm³/mol. The van der Waals surface area contributed by atoms with Gasteiger partial charge in [0.2, 0.25) is 17.8 Å². The van der Waals surface area contributed by atoms with Gasteiger partial charge in [-0.25, -0.2) is 0 Å². The highest BCUT2D eigenvalue weighted by Crippen LogP contribution is 2.14. The highest BCUT2D eigenvalue weighted by Gasteiger charge is 2.12. The van der Waals surface area contributed by atoms with Crippen LogP contribution in [0.15, 0.2) is 0 Å². The van der Waals surface area contributed by atoms with Gasteiger partial charge >= 0.3 is 0 Å². The maximum absolute atomic E-state index is 9.01. The van der Waals surface area contributed by atoms with Crippen LogP contribution in [-0.2, 0) is 4.79 Å². The number of carbonyl (C=O) groups excluding carboxylic acids is 1. The Kier molecular flexibility index (Phi) is 8.00. The molecular formula is C9H18N6O4. The average molecular weight is 274 g/mol. The number of aromatic nitrogens is 3. The molecule has 10 nitrogen and oxygen atoms in total. The van der Waals surface area contributed by atoms with Crippen LogP contribution in [0.4, 0.5) is 17.8 Å². The summed E-state index contributed by atoms with van der Waals surface area (Å²) in [5.41, 5.74) is 0. The van der Waals surface area contributed by atoms with E-state index in [-0.39, 0.29) is 18.6 Å². The molecule has 0 amide bonds. The number of hydrogen-bond acceptors (Lipinski definition) is 10. The van der Waals surface area contributed by atoms with E-state index in [4.69, 9.17) is 20.1 Å². The van der Waals surface area contributed by atoms with Crippen LogP contribution in [0.25, 0.3) is 0 Å². The first-order chi connectivity index (χ1) is 9.12. The molecule has 0 aliphatic carbocycles. The summed E-state index contributed by atoms with van der Waals surface area (Å²) in [6, 6.07) is 0. The zero-order valence-electron chi connectivity index (χ0n) is 10.8. The molecule has 1 heterocycles. The second-order valence-corrected chi connectivity index (χ2v) is 3.31. The summed E-state index contributed by atoms with van der Waals surface area (Å²) in [6.45, 7) is 0.826. The number of anilines is 3. The van der Waals surface area contributed by atoms with Crippen molar-refractivity contribution in [2.75, 3.05) is 49.4 Å². The highest BCUT2D eigenvalue weighted by atomic mass is 16.3. The van der Waals surface area contributed by atoms with Gasteiger partial charge in [0.1, 0.15) is 27.0 Å². The molecule has 1 aromatic rings. The summed E-state index contributed by atoms with van der Waals surface area (Å²) in [4.78, 5) is 22.8. The number of aliphatic hydroxyl groups excluding tert-OH is 3. The molecule has 1 aromatic heterocycles. The fourth-order valence-electron chi connectivity index (χ4n) is 1.02. The van der Waals surface area contributed by atoms with Crippen molar-refractivity contribution in [1.29, 1.82) is 0 Å². The minimum Gasteiger partial charge on any atom is -0.376 e. The van der Waals surface area contributed by atoms with Gasteiger partial charge in [0.25, 0.3) is 0 Å². The molecule has 0 saturated carbocycles. The predicted octanol–water partition coefficient (Wildman–Crippen LogP) is -2.18. The summed E-state index contributed by atoms with van der Waals surface area (Å²) in [6.07, 6.45) is 0. The monoisotopic (exact) mass is 274 g/mol. The smallest absolute Gasteiger partial charge is 0.235 e. The topological polar surface area (TPSA) is 135 Å². The minimum atomic E-state index is -0.425. The third-order valence-corrected chi connectivity index (χ3v) is 1.87. The first-order valence-corrected chi connectivity index (χ1v) is 5.16. The highest BCUT2D eigenvalue weighted by molar-refractivity contribution is 5.43. The van der Waals surface area contributed by atoms with Gasteiger partial charge in [0.05, 0.1) is 0 Å². The Morgan fingerprint density at radius 1 is 1.05 bits per heavy atom. The van der Waals surface area contributed by atoms with Gasteiger partial charge in [-0.3, -0.25) is 4.90 Å². The zero-order chi connectivity index (χ0) is 14.8. The van der Waals surface area contributed by atoms with Crippen molar-refractivity contribution < 1.29 is 20.1 Å². The van der Waals surface area contributed by atoms with Crippen LogP contribution >= 0.6 is 0 Å². The molecule has 0 atom stereocenters. The summed E-state index contributed by atoms with van der Waals surface area (Å²) in [5, 5.41) is 29.3. The Hall–Kier alpha value is -2.04. The van der Waals surface area contributed by atoms with Gasteiger partial charge in [-0.2, -0.15) is 15.0 Å². The maximum Gasteiger partial charge on any atom is 0.235 e. The lowest BCUT2D eigenvalue weighted by Gasteiger charge is -2.19. The fraction of sp³-hybridized carbons (Fsp3) is 0.556. The van der Waals surface area contributed by atoms with E-state index in [1.165, 1.54) is 0 Å². The number of nitrogens with one attached hydrogen (secondary N) is 1. The van der Waals surface area contributed by atoms with Gasteiger partial charge in [0.15, 0.2) is 0 Å². The van der Waals surface area contributed by atoms with Crippen LogP contribution in [0.3, 0.4) is 0 Å². The molecule has 0 aromatic carbocycles. The molecule has 19 heavy (non-hydrogen) atoms. The summed E-state index contributed by atoms with van der Waals surface area (Å²) < 4.78 is 0. The van der Waals surface area contributed by atoms with Crippen LogP contribution in [0.5, 0.6) is 0 Å². The molecule has 0 bridgehead atoms. The van der Waals surface area contributed by atoms with Crippen molar-refractivity contribution in [2.24, 2.45) is 0 Å². The summed E-state index contributed by atoms with van der Waals surface area (Å²) in [7, 11) is 3.48. The van der Waals surface area contributed by atoms with E-state index in [9.17, 15) is 0 Å². The largest absolute Gasteiger partial charge is 0.376 e. The number of rotatable bonds is 6. The van der Waals surface area contributed by atoms with Crippen LogP contribution in [0.1, 0.15) is 0 Å². The summed E-state index contributed by atoms with van der Waals surface area (Å²) in [5.74, 6) is 0.621.